The average molecular weight is 674 g/mol. The number of aromatic nitrogens is 1. The SMILES string of the molecule is CCCCCCCCCCCCCCCCN(CCCCCCCCCCCCCCCC)c1ccc(/C=C/c2cc[n+](CC)cc2)cc1. The Hall–Kier alpha value is -2.09. The maximum atomic E-state index is 2.69. The normalized spacial score (nSPS) is 11.6. The lowest BCUT2D eigenvalue weighted by molar-refractivity contribution is -0.693. The van der Waals surface area contributed by atoms with Crippen LogP contribution in [-0.4, -0.2) is 13.1 Å². The van der Waals surface area contributed by atoms with E-state index in [4.69, 9.17) is 0 Å². The van der Waals surface area contributed by atoms with Crippen LogP contribution in [0, 0.1) is 0 Å². The lowest BCUT2D eigenvalue weighted by Gasteiger charge is -2.25. The van der Waals surface area contributed by atoms with Gasteiger partial charge in [0, 0.05) is 30.9 Å². The van der Waals surface area contributed by atoms with Gasteiger partial charge >= 0.3 is 0 Å². The zero-order valence-corrected chi connectivity index (χ0v) is 33.1. The Labute approximate surface area is 306 Å². The van der Waals surface area contributed by atoms with Gasteiger partial charge in [0.1, 0.15) is 6.54 Å². The van der Waals surface area contributed by atoms with Crippen molar-refractivity contribution in [2.75, 3.05) is 18.0 Å². The third kappa shape index (κ3) is 23.9. The Morgan fingerprint density at radius 2 is 0.694 bits per heavy atom. The molecule has 278 valence electrons. The second kappa shape index (κ2) is 31.9. The maximum absolute atomic E-state index is 2.69. The van der Waals surface area contributed by atoms with Crippen LogP contribution in [0.2, 0.25) is 0 Å². The number of rotatable bonds is 34. The average Bonchev–Trinajstić information content (AvgIpc) is 3.13. The Bertz CT molecular complexity index is 960. The Morgan fingerprint density at radius 1 is 0.388 bits per heavy atom. The van der Waals surface area contributed by atoms with E-state index in [-0.39, 0.29) is 0 Å². The fourth-order valence-electron chi connectivity index (χ4n) is 7.14. The van der Waals surface area contributed by atoms with Crippen molar-refractivity contribution in [1.82, 2.24) is 0 Å². The van der Waals surface area contributed by atoms with Crippen LogP contribution in [-0.2, 0) is 6.54 Å². The molecule has 0 aliphatic rings. The molecule has 1 aromatic carbocycles. The van der Waals surface area contributed by atoms with Crippen molar-refractivity contribution in [3.8, 4) is 0 Å². The summed E-state index contributed by atoms with van der Waals surface area (Å²) >= 11 is 0. The van der Waals surface area contributed by atoms with Gasteiger partial charge in [-0.25, -0.2) is 4.57 Å². The number of pyridine rings is 1. The largest absolute Gasteiger partial charge is 0.372 e. The molecule has 0 unspecified atom stereocenters. The maximum Gasteiger partial charge on any atom is 0.169 e. The first-order chi connectivity index (χ1) is 24.3. The van der Waals surface area contributed by atoms with E-state index in [1.807, 2.05) is 0 Å². The second-order valence-electron chi connectivity index (χ2n) is 15.1. The van der Waals surface area contributed by atoms with E-state index in [1.165, 1.54) is 210 Å². The molecule has 2 nitrogen and oxygen atoms in total. The van der Waals surface area contributed by atoms with E-state index in [9.17, 15) is 0 Å². The van der Waals surface area contributed by atoms with Crippen LogP contribution >= 0.6 is 0 Å². The van der Waals surface area contributed by atoms with Gasteiger partial charge in [0.25, 0.3) is 0 Å². The van der Waals surface area contributed by atoms with Gasteiger partial charge in [-0.1, -0.05) is 205 Å². The van der Waals surface area contributed by atoms with Gasteiger partial charge in [-0.15, -0.1) is 0 Å². The fraction of sp³-hybridized carbons (Fsp3) is 0.723. The summed E-state index contributed by atoms with van der Waals surface area (Å²) in [4.78, 5) is 2.69. The van der Waals surface area contributed by atoms with Crippen molar-refractivity contribution >= 4 is 17.8 Å². The topological polar surface area (TPSA) is 7.12 Å². The number of nitrogens with zero attached hydrogens (tertiary/aromatic N) is 2. The Balaban J connectivity index is 1.67. The molecule has 0 bridgehead atoms. The van der Waals surface area contributed by atoms with Crippen LogP contribution in [0.1, 0.15) is 212 Å². The number of anilines is 1. The van der Waals surface area contributed by atoms with Crippen LogP contribution in [0.3, 0.4) is 0 Å². The third-order valence-electron chi connectivity index (χ3n) is 10.6. The zero-order valence-electron chi connectivity index (χ0n) is 33.1. The molecule has 0 aliphatic heterocycles. The quantitative estimate of drug-likeness (QED) is 0.0530. The molecule has 49 heavy (non-hydrogen) atoms. The monoisotopic (exact) mass is 674 g/mol. The van der Waals surface area contributed by atoms with E-state index in [0.717, 1.165) is 6.54 Å². The van der Waals surface area contributed by atoms with Crippen LogP contribution in [0.5, 0.6) is 0 Å². The van der Waals surface area contributed by atoms with Gasteiger partial charge in [-0.3, -0.25) is 0 Å². The van der Waals surface area contributed by atoms with Gasteiger partial charge in [0.05, 0.1) is 0 Å². The first-order valence-corrected chi connectivity index (χ1v) is 21.8. The zero-order chi connectivity index (χ0) is 34.9. The molecule has 0 fully saturated rings. The highest BCUT2D eigenvalue weighted by Gasteiger charge is 2.07. The third-order valence-corrected chi connectivity index (χ3v) is 10.6. The first-order valence-electron chi connectivity index (χ1n) is 21.8. The highest BCUT2D eigenvalue weighted by atomic mass is 15.1. The molecule has 1 heterocycles. The van der Waals surface area contributed by atoms with Gasteiger partial charge in [0.2, 0.25) is 0 Å². The van der Waals surface area contributed by atoms with Crippen molar-refractivity contribution in [3.05, 3.63) is 59.9 Å². The summed E-state index contributed by atoms with van der Waals surface area (Å²) in [6, 6.07) is 13.7. The summed E-state index contributed by atoms with van der Waals surface area (Å²) in [6.45, 7) is 10.2. The minimum absolute atomic E-state index is 1.01. The van der Waals surface area contributed by atoms with Gasteiger partial charge in [-0.05, 0) is 43.0 Å². The molecular weight excluding hydrogens is 593 g/mol. The van der Waals surface area contributed by atoms with Gasteiger partial charge in [0.15, 0.2) is 12.4 Å². The summed E-state index contributed by atoms with van der Waals surface area (Å²) in [6.07, 6.45) is 48.7. The van der Waals surface area contributed by atoms with E-state index < -0.39 is 0 Å². The molecule has 2 rings (SSSR count). The molecule has 0 saturated heterocycles. The highest BCUT2D eigenvalue weighted by molar-refractivity contribution is 5.70. The molecule has 0 aliphatic carbocycles. The summed E-state index contributed by atoms with van der Waals surface area (Å²) in [5, 5.41) is 0. The standard InChI is InChI=1S/C47H81N2/c1-4-7-9-11-13-15-17-19-21-23-25-27-29-31-41-49(42-32-30-28-26-24-22-20-18-16-14-12-10-8-5-2)47-37-35-45(36-38-47)33-34-46-39-43-48(6-3)44-40-46/h33-40,43-44H,4-32,41-42H2,1-3H3/q+1. The molecule has 2 aromatic rings. The summed E-state index contributed by atoms with van der Waals surface area (Å²) < 4.78 is 2.21. The van der Waals surface area contributed by atoms with Gasteiger partial charge in [-0.2, -0.15) is 0 Å². The van der Waals surface area contributed by atoms with Crippen molar-refractivity contribution in [1.29, 1.82) is 0 Å². The van der Waals surface area contributed by atoms with E-state index in [0.29, 0.717) is 0 Å². The summed E-state index contributed by atoms with van der Waals surface area (Å²) in [7, 11) is 0. The molecule has 1 aromatic heterocycles. The molecular formula is C47H81N2+. The molecule has 2 heteroatoms. The smallest absolute Gasteiger partial charge is 0.169 e. The minimum Gasteiger partial charge on any atom is -0.372 e. The lowest BCUT2D eigenvalue weighted by Crippen LogP contribution is -2.30. The molecule has 0 spiro atoms. The summed E-state index contributed by atoms with van der Waals surface area (Å²) in [5.74, 6) is 0. The predicted molar refractivity (Wildman–Crippen MR) is 221 cm³/mol. The fourth-order valence-corrected chi connectivity index (χ4v) is 7.14. The van der Waals surface area contributed by atoms with E-state index in [2.05, 4.69) is 91.2 Å². The van der Waals surface area contributed by atoms with E-state index in [1.54, 1.807) is 0 Å². The summed E-state index contributed by atoms with van der Waals surface area (Å²) in [5.41, 5.74) is 3.94. The highest BCUT2D eigenvalue weighted by Crippen LogP contribution is 2.20. The molecule has 0 radical (unpaired) electrons. The lowest BCUT2D eigenvalue weighted by atomic mass is 10.0. The van der Waals surface area contributed by atoms with Crippen molar-refractivity contribution in [2.45, 2.75) is 207 Å². The van der Waals surface area contributed by atoms with E-state index >= 15 is 0 Å². The second-order valence-corrected chi connectivity index (χ2v) is 15.1. The number of aryl methyl sites for hydroxylation is 1. The van der Waals surface area contributed by atoms with Crippen molar-refractivity contribution in [2.24, 2.45) is 0 Å². The Morgan fingerprint density at radius 3 is 1.02 bits per heavy atom. The Kier molecular flexibility index (Phi) is 28.0. The minimum atomic E-state index is 1.01. The van der Waals surface area contributed by atoms with Crippen LogP contribution in [0.25, 0.3) is 12.2 Å². The molecule has 0 N–H and O–H groups in total. The number of benzene rings is 1. The van der Waals surface area contributed by atoms with Crippen LogP contribution < -0.4 is 9.47 Å². The number of hydrogen-bond donors (Lipinski definition) is 0. The first kappa shape index (κ1) is 43.1. The predicted octanol–water partition coefficient (Wildman–Crippen LogP) is 14.9. The molecule has 0 atom stereocenters. The number of hydrogen-bond acceptors (Lipinski definition) is 1. The van der Waals surface area contributed by atoms with Crippen LogP contribution in [0.4, 0.5) is 5.69 Å². The van der Waals surface area contributed by atoms with Crippen molar-refractivity contribution in [3.63, 3.8) is 0 Å². The molecule has 0 saturated carbocycles. The van der Waals surface area contributed by atoms with Crippen LogP contribution in [0.15, 0.2) is 48.8 Å². The van der Waals surface area contributed by atoms with Gasteiger partial charge < -0.3 is 4.90 Å². The number of unbranched alkanes of at least 4 members (excludes halogenated alkanes) is 26. The van der Waals surface area contributed by atoms with Crippen molar-refractivity contribution < 1.29 is 4.57 Å². The molecule has 0 amide bonds.